The van der Waals surface area contributed by atoms with Crippen molar-refractivity contribution < 1.29 is 4.11 Å². The third-order valence-electron chi connectivity index (χ3n) is 2.85. The van der Waals surface area contributed by atoms with Gasteiger partial charge in [-0.1, -0.05) is 56.2 Å². The van der Waals surface area contributed by atoms with Gasteiger partial charge in [0, 0.05) is 0 Å². The van der Waals surface area contributed by atoms with Crippen LogP contribution in [-0.2, 0) is 6.04 Å². The minimum Gasteiger partial charge on any atom is -0.313 e. The minimum atomic E-state index is -2.63. The Morgan fingerprint density at radius 3 is 2.56 bits per heavy atom. The van der Waals surface area contributed by atoms with Gasteiger partial charge in [-0.15, -0.1) is 6.58 Å². The lowest BCUT2D eigenvalue weighted by Gasteiger charge is -2.20. The van der Waals surface area contributed by atoms with Crippen LogP contribution in [0.2, 0.25) is 12.1 Å². The lowest BCUT2D eigenvalue weighted by molar-refractivity contribution is 0.721. The second kappa shape index (κ2) is 6.64. The van der Waals surface area contributed by atoms with E-state index in [0.717, 1.165) is 24.4 Å². The summed E-state index contributed by atoms with van der Waals surface area (Å²) in [7, 11) is -2.63. The molecule has 0 aromatic heterocycles. The molecule has 0 nitrogen and oxygen atoms in total. The van der Waals surface area contributed by atoms with Crippen LogP contribution in [0.5, 0.6) is 0 Å². The maximum Gasteiger partial charge on any atom is 0.254 e. The molecule has 0 N–H and O–H groups in total. The fourth-order valence-electron chi connectivity index (χ4n) is 1.98. The summed E-state index contributed by atoms with van der Waals surface area (Å²) in [6.07, 6.45) is 3.83. The molecule has 1 atom stereocenters. The zero-order chi connectivity index (χ0) is 11.9. The SMILES string of the molecule is C=CC[Si](F)(CCCC)Cc1ccccc1. The fourth-order valence-corrected chi connectivity index (χ4v) is 4.97. The number of hydrogen-bond donors (Lipinski definition) is 0. The predicted octanol–water partition coefficient (Wildman–Crippen LogP) is 4.67. The fraction of sp³-hybridized carbons (Fsp3) is 0.429. The second-order valence-electron chi connectivity index (χ2n) is 4.41. The van der Waals surface area contributed by atoms with E-state index >= 15 is 0 Å². The van der Waals surface area contributed by atoms with E-state index in [-0.39, 0.29) is 0 Å². The molecule has 0 aliphatic carbocycles. The molecule has 0 saturated carbocycles. The van der Waals surface area contributed by atoms with Crippen molar-refractivity contribution in [2.24, 2.45) is 0 Å². The van der Waals surface area contributed by atoms with Crippen LogP contribution in [0.4, 0.5) is 4.11 Å². The predicted molar refractivity (Wildman–Crippen MR) is 71.7 cm³/mol. The van der Waals surface area contributed by atoms with E-state index < -0.39 is 8.41 Å². The van der Waals surface area contributed by atoms with E-state index in [4.69, 9.17) is 0 Å². The van der Waals surface area contributed by atoms with Crippen molar-refractivity contribution in [1.29, 1.82) is 0 Å². The van der Waals surface area contributed by atoms with Crippen molar-refractivity contribution in [3.8, 4) is 0 Å². The van der Waals surface area contributed by atoms with Gasteiger partial charge in [-0.2, -0.15) is 0 Å². The van der Waals surface area contributed by atoms with Gasteiger partial charge < -0.3 is 4.11 Å². The van der Waals surface area contributed by atoms with Crippen LogP contribution in [0.25, 0.3) is 0 Å². The number of benzene rings is 1. The van der Waals surface area contributed by atoms with Crippen molar-refractivity contribution >= 4 is 8.41 Å². The summed E-state index contributed by atoms with van der Waals surface area (Å²) in [5, 5.41) is 0. The highest BCUT2D eigenvalue weighted by molar-refractivity contribution is 6.73. The standard InChI is InChI=1S/C14H21FSi/c1-3-5-12-16(15,11-4-2)13-14-9-7-6-8-10-14/h4,6-10H,2-3,5,11-13H2,1H3. The molecule has 0 aliphatic heterocycles. The molecule has 0 fully saturated rings. The van der Waals surface area contributed by atoms with Crippen LogP contribution in [0, 0.1) is 0 Å². The Labute approximate surface area is 99.4 Å². The third-order valence-corrected chi connectivity index (χ3v) is 6.16. The Bertz CT molecular complexity index is 310. The van der Waals surface area contributed by atoms with Gasteiger partial charge in [0.05, 0.1) is 0 Å². The number of allylic oxidation sites excluding steroid dienone is 1. The molecular weight excluding hydrogens is 215 g/mol. The molecule has 16 heavy (non-hydrogen) atoms. The van der Waals surface area contributed by atoms with Crippen molar-refractivity contribution in [1.82, 2.24) is 0 Å². The van der Waals surface area contributed by atoms with Crippen LogP contribution >= 0.6 is 0 Å². The van der Waals surface area contributed by atoms with E-state index in [1.165, 1.54) is 0 Å². The number of rotatable bonds is 7. The Morgan fingerprint density at radius 2 is 2.00 bits per heavy atom. The van der Waals surface area contributed by atoms with Crippen LogP contribution in [0.1, 0.15) is 25.3 Å². The van der Waals surface area contributed by atoms with Gasteiger partial charge in [0.15, 0.2) is 0 Å². The van der Waals surface area contributed by atoms with Gasteiger partial charge in [-0.25, -0.2) is 0 Å². The minimum absolute atomic E-state index is 0.585. The molecule has 0 aliphatic rings. The Kier molecular flexibility index (Phi) is 5.47. The van der Waals surface area contributed by atoms with Crippen molar-refractivity contribution in [2.45, 2.75) is 37.9 Å². The van der Waals surface area contributed by atoms with E-state index in [1.54, 1.807) is 6.08 Å². The molecule has 88 valence electrons. The number of unbranched alkanes of at least 4 members (excludes halogenated alkanes) is 1. The van der Waals surface area contributed by atoms with E-state index in [2.05, 4.69) is 13.5 Å². The monoisotopic (exact) mass is 236 g/mol. The first kappa shape index (κ1) is 13.2. The van der Waals surface area contributed by atoms with Gasteiger partial charge in [0.1, 0.15) is 0 Å². The van der Waals surface area contributed by atoms with E-state index in [9.17, 15) is 4.11 Å². The van der Waals surface area contributed by atoms with Gasteiger partial charge in [0.2, 0.25) is 0 Å². The Hall–Kier alpha value is -0.893. The highest BCUT2D eigenvalue weighted by Gasteiger charge is 2.32. The highest BCUT2D eigenvalue weighted by atomic mass is 28.4. The third kappa shape index (κ3) is 4.31. The molecule has 2 heteroatoms. The Morgan fingerprint density at radius 1 is 1.31 bits per heavy atom. The van der Waals surface area contributed by atoms with E-state index in [0.29, 0.717) is 12.1 Å². The molecule has 0 heterocycles. The van der Waals surface area contributed by atoms with Crippen molar-refractivity contribution in [2.75, 3.05) is 0 Å². The maximum atomic E-state index is 14.7. The average Bonchev–Trinajstić information content (AvgIpc) is 2.28. The highest BCUT2D eigenvalue weighted by Crippen LogP contribution is 2.25. The van der Waals surface area contributed by atoms with Crippen LogP contribution < -0.4 is 0 Å². The zero-order valence-electron chi connectivity index (χ0n) is 10.1. The number of hydrogen-bond acceptors (Lipinski definition) is 0. The van der Waals surface area contributed by atoms with Crippen LogP contribution in [0.3, 0.4) is 0 Å². The first-order chi connectivity index (χ1) is 7.70. The summed E-state index contributed by atoms with van der Waals surface area (Å²) in [6, 6.07) is 12.0. The van der Waals surface area contributed by atoms with Crippen LogP contribution in [-0.4, -0.2) is 8.41 Å². The molecule has 0 spiro atoms. The topological polar surface area (TPSA) is 0 Å². The van der Waals surface area contributed by atoms with Gasteiger partial charge >= 0.3 is 0 Å². The summed E-state index contributed by atoms with van der Waals surface area (Å²) in [5.74, 6) is 0. The summed E-state index contributed by atoms with van der Waals surface area (Å²) >= 11 is 0. The maximum absolute atomic E-state index is 14.7. The first-order valence-corrected chi connectivity index (χ1v) is 8.54. The average molecular weight is 236 g/mol. The van der Waals surface area contributed by atoms with Crippen LogP contribution in [0.15, 0.2) is 43.0 Å². The second-order valence-corrected chi connectivity index (χ2v) is 7.97. The molecule has 0 bridgehead atoms. The summed E-state index contributed by atoms with van der Waals surface area (Å²) in [4.78, 5) is 0. The largest absolute Gasteiger partial charge is 0.313 e. The molecule has 0 saturated heterocycles. The summed E-state index contributed by atoms with van der Waals surface area (Å²) in [5.41, 5.74) is 1.13. The molecule has 1 aromatic rings. The zero-order valence-corrected chi connectivity index (χ0v) is 11.1. The molecule has 0 radical (unpaired) electrons. The molecule has 0 amide bonds. The molecule has 1 rings (SSSR count). The van der Waals surface area contributed by atoms with Crippen molar-refractivity contribution in [3.63, 3.8) is 0 Å². The molecule has 1 unspecified atom stereocenters. The van der Waals surface area contributed by atoms with E-state index in [1.807, 2.05) is 30.3 Å². The summed E-state index contributed by atoms with van der Waals surface area (Å²) in [6.45, 7) is 5.81. The van der Waals surface area contributed by atoms with Gasteiger partial charge in [-0.05, 0) is 23.7 Å². The lowest BCUT2D eigenvalue weighted by atomic mass is 10.2. The molecule has 1 aromatic carbocycles. The Balaban J connectivity index is 2.66. The smallest absolute Gasteiger partial charge is 0.254 e. The van der Waals surface area contributed by atoms with Crippen molar-refractivity contribution in [3.05, 3.63) is 48.6 Å². The number of halogens is 1. The first-order valence-electron chi connectivity index (χ1n) is 6.04. The van der Waals surface area contributed by atoms with Gasteiger partial charge in [0.25, 0.3) is 8.41 Å². The van der Waals surface area contributed by atoms with Gasteiger partial charge in [-0.3, -0.25) is 0 Å². The summed E-state index contributed by atoms with van der Waals surface area (Å²) < 4.78 is 14.7. The normalized spacial score (nSPS) is 14.4. The lowest BCUT2D eigenvalue weighted by Crippen LogP contribution is -2.31. The molecular formula is C14H21FSi. The quantitative estimate of drug-likeness (QED) is 0.367.